The van der Waals surface area contributed by atoms with Crippen LogP contribution in [0.15, 0.2) is 0 Å². The molecule has 0 bridgehead atoms. The van der Waals surface area contributed by atoms with Gasteiger partial charge in [0.15, 0.2) is 0 Å². The van der Waals surface area contributed by atoms with Crippen LogP contribution in [0, 0.1) is 0 Å². The van der Waals surface area contributed by atoms with Gasteiger partial charge in [0.1, 0.15) is 0 Å². The first-order chi connectivity index (χ1) is 4.60. The van der Waals surface area contributed by atoms with Gasteiger partial charge < -0.3 is 14.0 Å². The Morgan fingerprint density at radius 1 is 1.40 bits per heavy atom. The van der Waals surface area contributed by atoms with Crippen LogP contribution in [0.4, 0.5) is 0 Å². The Labute approximate surface area is 63.2 Å². The smallest absolute Gasteiger partial charge is 0.364 e. The maximum absolute atomic E-state index is 9.39. The second-order valence-corrected chi connectivity index (χ2v) is 5.86. The van der Waals surface area contributed by atoms with E-state index in [0.29, 0.717) is 6.42 Å². The third-order valence-electron chi connectivity index (χ3n) is 1.80. The second-order valence-electron chi connectivity index (χ2n) is 2.35. The van der Waals surface area contributed by atoms with Crippen LogP contribution in [0.3, 0.4) is 0 Å². The standard InChI is InChI=1S/C6H16O3Si/c1-5-6(7)10(4,8-2)9-3/h6-7H,5H2,1-4H3. The fraction of sp³-hybridized carbons (Fsp3) is 1.00. The molecule has 0 rings (SSSR count). The van der Waals surface area contributed by atoms with Crippen LogP contribution in [0.2, 0.25) is 6.55 Å². The Balaban J connectivity index is 4.02. The zero-order valence-corrected chi connectivity index (χ0v) is 8.05. The highest BCUT2D eigenvalue weighted by Gasteiger charge is 2.36. The Morgan fingerprint density at radius 2 is 1.80 bits per heavy atom. The highest BCUT2D eigenvalue weighted by atomic mass is 28.4. The quantitative estimate of drug-likeness (QED) is 0.620. The molecule has 4 heteroatoms. The van der Waals surface area contributed by atoms with Gasteiger partial charge in [0.2, 0.25) is 0 Å². The predicted octanol–water partition coefficient (Wildman–Crippen LogP) is 0.661. The first-order valence-corrected chi connectivity index (χ1v) is 5.78. The van der Waals surface area contributed by atoms with Gasteiger partial charge in [0.25, 0.3) is 0 Å². The van der Waals surface area contributed by atoms with Crippen LogP contribution in [0.1, 0.15) is 13.3 Å². The van der Waals surface area contributed by atoms with Crippen molar-refractivity contribution in [3.8, 4) is 0 Å². The van der Waals surface area contributed by atoms with Crippen molar-refractivity contribution in [2.75, 3.05) is 14.2 Å². The molecule has 0 saturated carbocycles. The van der Waals surface area contributed by atoms with E-state index in [2.05, 4.69) is 0 Å². The number of hydrogen-bond donors (Lipinski definition) is 1. The molecule has 3 nitrogen and oxygen atoms in total. The molecule has 0 aliphatic carbocycles. The van der Waals surface area contributed by atoms with Crippen LogP contribution < -0.4 is 0 Å². The van der Waals surface area contributed by atoms with E-state index in [1.165, 1.54) is 0 Å². The molecule has 0 aromatic carbocycles. The molecule has 0 spiro atoms. The van der Waals surface area contributed by atoms with Crippen molar-refractivity contribution in [1.29, 1.82) is 0 Å². The van der Waals surface area contributed by atoms with E-state index in [9.17, 15) is 5.11 Å². The first-order valence-electron chi connectivity index (χ1n) is 3.39. The fourth-order valence-corrected chi connectivity index (χ4v) is 2.18. The molecule has 10 heavy (non-hydrogen) atoms. The lowest BCUT2D eigenvalue weighted by atomic mass is 10.5. The van der Waals surface area contributed by atoms with Gasteiger partial charge in [-0.05, 0) is 13.0 Å². The second kappa shape index (κ2) is 4.08. The van der Waals surface area contributed by atoms with E-state index in [1.54, 1.807) is 14.2 Å². The van der Waals surface area contributed by atoms with E-state index >= 15 is 0 Å². The molecule has 62 valence electrons. The van der Waals surface area contributed by atoms with Gasteiger partial charge in [-0.2, -0.15) is 0 Å². The van der Waals surface area contributed by atoms with Gasteiger partial charge in [0, 0.05) is 14.2 Å². The number of hydrogen-bond acceptors (Lipinski definition) is 3. The van der Waals surface area contributed by atoms with Crippen molar-refractivity contribution in [2.45, 2.75) is 25.6 Å². The molecule has 0 aliphatic rings. The summed E-state index contributed by atoms with van der Waals surface area (Å²) in [5, 5.41) is 9.39. The van der Waals surface area contributed by atoms with Gasteiger partial charge in [-0.25, -0.2) is 0 Å². The summed E-state index contributed by atoms with van der Waals surface area (Å²) in [6, 6.07) is 0. The van der Waals surface area contributed by atoms with Gasteiger partial charge in [0.05, 0.1) is 5.73 Å². The number of aliphatic hydroxyl groups is 1. The molecular weight excluding hydrogens is 148 g/mol. The average molecular weight is 164 g/mol. The minimum Gasteiger partial charge on any atom is -0.396 e. The van der Waals surface area contributed by atoms with Gasteiger partial charge >= 0.3 is 8.56 Å². The Hall–Kier alpha value is 0.0969. The lowest BCUT2D eigenvalue weighted by Gasteiger charge is -2.26. The van der Waals surface area contributed by atoms with Crippen LogP contribution in [-0.4, -0.2) is 33.6 Å². The summed E-state index contributed by atoms with van der Waals surface area (Å²) >= 11 is 0. The molecule has 0 amide bonds. The summed E-state index contributed by atoms with van der Waals surface area (Å²) in [5.41, 5.74) is -0.428. The molecule has 0 aromatic rings. The monoisotopic (exact) mass is 164 g/mol. The zero-order chi connectivity index (χ0) is 8.20. The Kier molecular flexibility index (Phi) is 4.11. The predicted molar refractivity (Wildman–Crippen MR) is 41.9 cm³/mol. The van der Waals surface area contributed by atoms with Crippen LogP contribution in [-0.2, 0) is 8.85 Å². The van der Waals surface area contributed by atoms with Crippen molar-refractivity contribution in [1.82, 2.24) is 0 Å². The van der Waals surface area contributed by atoms with E-state index in [1.807, 2.05) is 13.5 Å². The molecule has 0 radical (unpaired) electrons. The highest BCUT2D eigenvalue weighted by Crippen LogP contribution is 2.12. The minimum atomic E-state index is -2.25. The molecule has 0 aromatic heterocycles. The first kappa shape index (κ1) is 10.1. The number of aliphatic hydroxyl groups excluding tert-OH is 1. The molecule has 0 saturated heterocycles. The van der Waals surface area contributed by atoms with E-state index in [4.69, 9.17) is 8.85 Å². The topological polar surface area (TPSA) is 38.7 Å². The van der Waals surface area contributed by atoms with Gasteiger partial charge in [-0.15, -0.1) is 0 Å². The normalized spacial score (nSPS) is 15.3. The summed E-state index contributed by atoms with van der Waals surface area (Å²) in [6.45, 7) is 3.76. The molecule has 1 unspecified atom stereocenters. The van der Waals surface area contributed by atoms with E-state index in [0.717, 1.165) is 0 Å². The molecule has 1 N–H and O–H groups in total. The molecule has 1 atom stereocenters. The maximum Gasteiger partial charge on any atom is 0.364 e. The Morgan fingerprint density at radius 3 is 1.90 bits per heavy atom. The fourth-order valence-electron chi connectivity index (χ4n) is 0.726. The minimum absolute atomic E-state index is 0.428. The van der Waals surface area contributed by atoms with Crippen molar-refractivity contribution in [3.63, 3.8) is 0 Å². The van der Waals surface area contributed by atoms with Crippen LogP contribution in [0.25, 0.3) is 0 Å². The summed E-state index contributed by atoms with van der Waals surface area (Å²) in [5.74, 6) is 0. The lowest BCUT2D eigenvalue weighted by Crippen LogP contribution is -2.48. The summed E-state index contributed by atoms with van der Waals surface area (Å²) in [6.07, 6.45) is 0.685. The van der Waals surface area contributed by atoms with Crippen molar-refractivity contribution in [3.05, 3.63) is 0 Å². The Bertz CT molecular complexity index is 93.0. The molecular formula is C6H16O3Si. The van der Waals surface area contributed by atoms with Crippen molar-refractivity contribution < 1.29 is 14.0 Å². The summed E-state index contributed by atoms with van der Waals surface area (Å²) in [7, 11) is 0.911. The van der Waals surface area contributed by atoms with Crippen molar-refractivity contribution in [2.24, 2.45) is 0 Å². The van der Waals surface area contributed by atoms with Crippen LogP contribution >= 0.6 is 0 Å². The third-order valence-corrected chi connectivity index (χ3v) is 5.04. The SMILES string of the molecule is CCC(O)[Si](C)(OC)OC. The summed E-state index contributed by atoms with van der Waals surface area (Å²) < 4.78 is 10.2. The average Bonchev–Trinajstić information content (AvgIpc) is 2.01. The van der Waals surface area contributed by atoms with E-state index in [-0.39, 0.29) is 0 Å². The molecule has 0 fully saturated rings. The molecule has 0 aliphatic heterocycles. The lowest BCUT2D eigenvalue weighted by molar-refractivity contribution is 0.142. The zero-order valence-electron chi connectivity index (χ0n) is 7.05. The number of rotatable bonds is 4. The van der Waals surface area contributed by atoms with Gasteiger partial charge in [-0.3, -0.25) is 0 Å². The molecule has 0 heterocycles. The van der Waals surface area contributed by atoms with Crippen molar-refractivity contribution >= 4 is 8.56 Å². The highest BCUT2D eigenvalue weighted by molar-refractivity contribution is 6.67. The maximum atomic E-state index is 9.39. The third kappa shape index (κ3) is 2.05. The van der Waals surface area contributed by atoms with E-state index < -0.39 is 14.3 Å². The van der Waals surface area contributed by atoms with Gasteiger partial charge in [-0.1, -0.05) is 6.92 Å². The largest absolute Gasteiger partial charge is 0.396 e. The van der Waals surface area contributed by atoms with Crippen LogP contribution in [0.5, 0.6) is 0 Å². The summed E-state index contributed by atoms with van der Waals surface area (Å²) in [4.78, 5) is 0.